The molecule has 0 saturated heterocycles. The standard InChI is InChI=1S/C20H22ClN5O.HI/c1-3-22-20(23-12-16-7-5-4-6-14(16)2)24-13-18-25-19(26-27-18)15-8-10-17(21)11-9-15;/h4-11H,3,12-13H2,1-2H3,(H2,22,23,24);1H. The largest absolute Gasteiger partial charge is 0.357 e. The van der Waals surface area contributed by atoms with Gasteiger partial charge in [-0.1, -0.05) is 41.0 Å². The van der Waals surface area contributed by atoms with Gasteiger partial charge in [-0.25, -0.2) is 4.99 Å². The molecule has 0 radical (unpaired) electrons. The molecule has 1 heterocycles. The Morgan fingerprint density at radius 1 is 1.11 bits per heavy atom. The van der Waals surface area contributed by atoms with E-state index < -0.39 is 0 Å². The first-order chi connectivity index (χ1) is 13.2. The van der Waals surface area contributed by atoms with E-state index in [0.29, 0.717) is 35.8 Å². The van der Waals surface area contributed by atoms with Gasteiger partial charge in [0.05, 0.1) is 13.1 Å². The van der Waals surface area contributed by atoms with E-state index in [0.717, 1.165) is 12.1 Å². The van der Waals surface area contributed by atoms with Gasteiger partial charge in [0.25, 0.3) is 0 Å². The van der Waals surface area contributed by atoms with Crippen LogP contribution in [0.3, 0.4) is 0 Å². The van der Waals surface area contributed by atoms with Crippen LogP contribution >= 0.6 is 35.6 Å². The number of benzene rings is 2. The zero-order valence-corrected chi connectivity index (χ0v) is 18.9. The second-order valence-electron chi connectivity index (χ2n) is 5.99. The first kappa shape index (κ1) is 22.2. The number of halogens is 2. The average Bonchev–Trinajstić information content (AvgIpc) is 3.15. The van der Waals surface area contributed by atoms with Crippen LogP contribution < -0.4 is 10.6 Å². The molecule has 28 heavy (non-hydrogen) atoms. The zero-order valence-electron chi connectivity index (χ0n) is 15.8. The third kappa shape index (κ3) is 6.20. The van der Waals surface area contributed by atoms with Crippen molar-refractivity contribution in [2.24, 2.45) is 4.99 Å². The van der Waals surface area contributed by atoms with Crippen LogP contribution in [0.5, 0.6) is 0 Å². The van der Waals surface area contributed by atoms with Gasteiger partial charge < -0.3 is 15.2 Å². The Morgan fingerprint density at radius 2 is 1.86 bits per heavy atom. The maximum atomic E-state index is 5.91. The number of aromatic nitrogens is 2. The summed E-state index contributed by atoms with van der Waals surface area (Å²) in [5, 5.41) is 11.1. The molecule has 0 bridgehead atoms. The molecule has 0 spiro atoms. The maximum Gasteiger partial charge on any atom is 0.246 e. The Kier molecular flexibility index (Phi) is 8.72. The molecule has 0 aliphatic carbocycles. The smallest absolute Gasteiger partial charge is 0.246 e. The summed E-state index contributed by atoms with van der Waals surface area (Å²) >= 11 is 5.91. The lowest BCUT2D eigenvalue weighted by atomic mass is 10.1. The number of aliphatic imine (C=N–C) groups is 1. The highest BCUT2D eigenvalue weighted by atomic mass is 127. The number of rotatable bonds is 6. The van der Waals surface area contributed by atoms with E-state index in [2.05, 4.69) is 44.8 Å². The maximum absolute atomic E-state index is 5.91. The Morgan fingerprint density at radius 3 is 2.57 bits per heavy atom. The van der Waals surface area contributed by atoms with Crippen LogP contribution in [0.1, 0.15) is 23.9 Å². The molecule has 0 fully saturated rings. The first-order valence-corrected chi connectivity index (χ1v) is 9.18. The fourth-order valence-electron chi connectivity index (χ4n) is 2.50. The van der Waals surface area contributed by atoms with Gasteiger partial charge in [-0.2, -0.15) is 4.98 Å². The summed E-state index contributed by atoms with van der Waals surface area (Å²) in [6.45, 7) is 5.86. The van der Waals surface area contributed by atoms with Crippen molar-refractivity contribution in [1.29, 1.82) is 0 Å². The summed E-state index contributed by atoms with van der Waals surface area (Å²) in [6.07, 6.45) is 0. The topological polar surface area (TPSA) is 75.3 Å². The lowest BCUT2D eigenvalue weighted by molar-refractivity contribution is 0.375. The van der Waals surface area contributed by atoms with E-state index in [4.69, 9.17) is 16.1 Å². The SMILES string of the molecule is CCNC(=NCc1ccccc1C)NCc1nc(-c2ccc(Cl)cc2)no1.I. The fraction of sp³-hybridized carbons (Fsp3) is 0.250. The number of hydrogen-bond donors (Lipinski definition) is 2. The van der Waals surface area contributed by atoms with E-state index in [1.165, 1.54) is 11.1 Å². The van der Waals surface area contributed by atoms with E-state index in [9.17, 15) is 0 Å². The molecule has 148 valence electrons. The molecule has 3 aromatic rings. The Labute approximate surface area is 186 Å². The van der Waals surface area contributed by atoms with Gasteiger partial charge in [0, 0.05) is 17.1 Å². The van der Waals surface area contributed by atoms with Crippen LogP contribution in [-0.2, 0) is 13.1 Å². The van der Waals surface area contributed by atoms with E-state index in [1.807, 2.05) is 31.2 Å². The van der Waals surface area contributed by atoms with Gasteiger partial charge in [-0.3, -0.25) is 0 Å². The Bertz CT molecular complexity index is 911. The zero-order chi connectivity index (χ0) is 19.1. The fourth-order valence-corrected chi connectivity index (χ4v) is 2.62. The number of nitrogens with one attached hydrogen (secondary N) is 2. The van der Waals surface area contributed by atoms with E-state index in [1.54, 1.807) is 12.1 Å². The molecule has 0 saturated carbocycles. The third-order valence-corrected chi connectivity index (χ3v) is 4.24. The molecule has 0 unspecified atom stereocenters. The Balaban J connectivity index is 0.00000280. The number of guanidine groups is 1. The normalized spacial score (nSPS) is 11.0. The molecule has 2 N–H and O–H groups in total. The number of hydrogen-bond acceptors (Lipinski definition) is 4. The van der Waals surface area contributed by atoms with Crippen molar-refractivity contribution in [1.82, 2.24) is 20.8 Å². The summed E-state index contributed by atoms with van der Waals surface area (Å²) in [7, 11) is 0. The number of nitrogens with zero attached hydrogens (tertiary/aromatic N) is 3. The van der Waals surface area contributed by atoms with E-state index in [-0.39, 0.29) is 24.0 Å². The highest BCUT2D eigenvalue weighted by Crippen LogP contribution is 2.18. The molecule has 1 aromatic heterocycles. The van der Waals surface area contributed by atoms with Gasteiger partial charge in [-0.15, -0.1) is 24.0 Å². The van der Waals surface area contributed by atoms with Crippen molar-refractivity contribution in [3.05, 3.63) is 70.6 Å². The van der Waals surface area contributed by atoms with E-state index >= 15 is 0 Å². The predicted molar refractivity (Wildman–Crippen MR) is 123 cm³/mol. The lowest BCUT2D eigenvalue weighted by Crippen LogP contribution is -2.36. The minimum Gasteiger partial charge on any atom is -0.357 e. The van der Waals surface area contributed by atoms with Gasteiger partial charge in [0.15, 0.2) is 5.96 Å². The highest BCUT2D eigenvalue weighted by Gasteiger charge is 2.09. The molecular weight excluding hydrogens is 489 g/mol. The van der Waals surface area contributed by atoms with Crippen LogP contribution in [0.4, 0.5) is 0 Å². The second kappa shape index (κ2) is 11.0. The molecule has 3 rings (SSSR count). The van der Waals surface area contributed by atoms with Crippen molar-refractivity contribution >= 4 is 41.5 Å². The molecule has 0 atom stereocenters. The van der Waals surface area contributed by atoms with Crippen molar-refractivity contribution in [2.45, 2.75) is 26.9 Å². The number of aryl methyl sites for hydroxylation is 1. The predicted octanol–water partition coefficient (Wildman–Crippen LogP) is 4.57. The molecule has 8 heteroatoms. The van der Waals surface area contributed by atoms with Gasteiger partial charge >= 0.3 is 0 Å². The van der Waals surface area contributed by atoms with Crippen LogP contribution in [0.15, 0.2) is 58.0 Å². The average molecular weight is 512 g/mol. The summed E-state index contributed by atoms with van der Waals surface area (Å²) < 4.78 is 5.32. The van der Waals surface area contributed by atoms with Gasteiger partial charge in [0.2, 0.25) is 11.7 Å². The summed E-state index contributed by atoms with van der Waals surface area (Å²) in [5.41, 5.74) is 3.27. The van der Waals surface area contributed by atoms with Crippen molar-refractivity contribution < 1.29 is 4.52 Å². The quantitative estimate of drug-likeness (QED) is 0.288. The molecule has 6 nitrogen and oxygen atoms in total. The van der Waals surface area contributed by atoms with Gasteiger partial charge in [0.1, 0.15) is 0 Å². The summed E-state index contributed by atoms with van der Waals surface area (Å²) in [6, 6.07) is 15.5. The monoisotopic (exact) mass is 511 g/mol. The van der Waals surface area contributed by atoms with Crippen LogP contribution in [0, 0.1) is 6.92 Å². The molecule has 2 aromatic carbocycles. The van der Waals surface area contributed by atoms with Crippen molar-refractivity contribution in [2.75, 3.05) is 6.54 Å². The lowest BCUT2D eigenvalue weighted by Gasteiger charge is -2.10. The molecule has 0 amide bonds. The molecule has 0 aliphatic rings. The second-order valence-corrected chi connectivity index (χ2v) is 6.43. The Hall–Kier alpha value is -2.13. The summed E-state index contributed by atoms with van der Waals surface area (Å²) in [4.78, 5) is 9.03. The molecule has 0 aliphatic heterocycles. The van der Waals surface area contributed by atoms with Crippen molar-refractivity contribution in [3.8, 4) is 11.4 Å². The minimum absolute atomic E-state index is 0. The van der Waals surface area contributed by atoms with Crippen LogP contribution in [0.2, 0.25) is 5.02 Å². The van der Waals surface area contributed by atoms with Crippen LogP contribution in [0.25, 0.3) is 11.4 Å². The molecular formula is C20H23ClIN5O. The minimum atomic E-state index is 0. The first-order valence-electron chi connectivity index (χ1n) is 8.81. The summed E-state index contributed by atoms with van der Waals surface area (Å²) in [5.74, 6) is 1.72. The third-order valence-electron chi connectivity index (χ3n) is 3.99. The van der Waals surface area contributed by atoms with Crippen molar-refractivity contribution in [3.63, 3.8) is 0 Å². The van der Waals surface area contributed by atoms with Crippen LogP contribution in [-0.4, -0.2) is 22.6 Å². The van der Waals surface area contributed by atoms with Gasteiger partial charge in [-0.05, 0) is 49.2 Å². The highest BCUT2D eigenvalue weighted by molar-refractivity contribution is 14.0.